The number of tetrazole rings is 1. The zero-order valence-corrected chi connectivity index (χ0v) is 6.54. The van der Waals surface area contributed by atoms with Gasteiger partial charge in [-0.25, -0.2) is 0 Å². The normalized spacial score (nSPS) is 10.3. The van der Waals surface area contributed by atoms with E-state index in [0.717, 1.165) is 11.7 Å². The first-order chi connectivity index (χ1) is 5.36. The summed E-state index contributed by atoms with van der Waals surface area (Å²) in [4.78, 5) is 1.47. The van der Waals surface area contributed by atoms with Crippen LogP contribution in [0.5, 0.6) is 0 Å². The summed E-state index contributed by atoms with van der Waals surface area (Å²) < 4.78 is 7.79. The molecule has 0 bridgehead atoms. The number of hydrogen-bond acceptors (Lipinski definition) is 5. The number of aromatic amines is 1. The van der Waals surface area contributed by atoms with Crippen LogP contribution in [-0.2, 0) is 0 Å². The van der Waals surface area contributed by atoms with E-state index in [4.69, 9.17) is 0 Å². The fourth-order valence-corrected chi connectivity index (χ4v) is 1.06. The largest absolute Gasteiger partial charge is 0.339 e. The lowest BCUT2D eigenvalue weighted by molar-refractivity contribution is -0.720. The first kappa shape index (κ1) is 6.35. The van der Waals surface area contributed by atoms with E-state index in [1.165, 1.54) is 4.80 Å². The molecule has 0 spiro atoms. The summed E-state index contributed by atoms with van der Waals surface area (Å²) in [5.41, 5.74) is 0. The average molecular weight is 169 g/mol. The summed E-state index contributed by atoms with van der Waals surface area (Å²) in [5.74, 6) is 1.34. The molecule has 0 atom stereocenters. The summed E-state index contributed by atoms with van der Waals surface area (Å²) in [7, 11) is 0. The van der Waals surface area contributed by atoms with Gasteiger partial charge in [0.15, 0.2) is 11.7 Å². The molecule has 0 aliphatic rings. The summed E-state index contributed by atoms with van der Waals surface area (Å²) >= 11 is 1.14. The fraction of sp³-hybridized carbons (Fsp3) is 0.250. The molecule has 0 fully saturated rings. The first-order valence-corrected chi connectivity index (χ1v) is 3.68. The predicted molar refractivity (Wildman–Crippen MR) is 36.1 cm³/mol. The Kier molecular flexibility index (Phi) is 1.35. The highest BCUT2D eigenvalue weighted by Crippen LogP contribution is 1.90. The Morgan fingerprint density at radius 2 is 2.55 bits per heavy atom. The molecular weight excluding hydrogens is 164 g/mol. The molecule has 2 rings (SSSR count). The van der Waals surface area contributed by atoms with Gasteiger partial charge in [0.2, 0.25) is 0 Å². The Hall–Kier alpha value is -1.37. The van der Waals surface area contributed by atoms with Crippen LogP contribution in [0.3, 0.4) is 0 Å². The zero-order chi connectivity index (χ0) is 7.68. The summed E-state index contributed by atoms with van der Waals surface area (Å²) in [6, 6.07) is 0. The van der Waals surface area contributed by atoms with Gasteiger partial charge < -0.3 is 0 Å². The van der Waals surface area contributed by atoms with Crippen molar-refractivity contribution in [1.29, 1.82) is 0 Å². The van der Waals surface area contributed by atoms with Crippen LogP contribution < -0.4 is 4.80 Å². The van der Waals surface area contributed by atoms with E-state index in [-0.39, 0.29) is 0 Å². The van der Waals surface area contributed by atoms with Crippen LogP contribution >= 0.6 is 11.7 Å². The topological polar surface area (TPSA) is 71.2 Å². The summed E-state index contributed by atoms with van der Waals surface area (Å²) in [6.45, 7) is 1.80. The van der Waals surface area contributed by atoms with Crippen LogP contribution in [-0.4, -0.2) is 24.2 Å². The number of nitrogens with zero attached hydrogens (tertiary/aromatic N) is 5. The number of rotatable bonds is 1. The molecule has 0 aromatic carbocycles. The molecule has 2 aromatic rings. The summed E-state index contributed by atoms with van der Waals surface area (Å²) in [6.07, 6.45) is 1.62. The fourth-order valence-electron chi connectivity index (χ4n) is 0.665. The molecule has 0 aliphatic heterocycles. The SMILES string of the molecule is Cc1n[nH][n+](-c2cnsn2)n1. The molecule has 6 nitrogen and oxygen atoms in total. The van der Waals surface area contributed by atoms with Crippen LogP contribution in [0.25, 0.3) is 5.82 Å². The molecule has 1 N–H and O–H groups in total. The number of H-pyrrole nitrogens is 1. The lowest BCUT2D eigenvalue weighted by atomic mass is 10.8. The van der Waals surface area contributed by atoms with Crippen LogP contribution in [0.1, 0.15) is 5.82 Å². The van der Waals surface area contributed by atoms with Gasteiger partial charge in [0.1, 0.15) is 6.20 Å². The third kappa shape index (κ3) is 1.09. The maximum atomic E-state index is 4.01. The van der Waals surface area contributed by atoms with Crippen molar-refractivity contribution in [2.24, 2.45) is 0 Å². The van der Waals surface area contributed by atoms with Crippen molar-refractivity contribution in [3.8, 4) is 5.82 Å². The van der Waals surface area contributed by atoms with Gasteiger partial charge in [-0.15, -0.1) is 0 Å². The van der Waals surface area contributed by atoms with Crippen LogP contribution in [0, 0.1) is 6.92 Å². The van der Waals surface area contributed by atoms with Gasteiger partial charge in [-0.05, 0) is 19.4 Å². The third-order valence-electron chi connectivity index (χ3n) is 1.12. The Morgan fingerprint density at radius 3 is 3.09 bits per heavy atom. The number of nitrogens with one attached hydrogen (secondary N) is 1. The minimum atomic E-state index is 0.663. The van der Waals surface area contributed by atoms with E-state index in [2.05, 4.69) is 24.2 Å². The van der Waals surface area contributed by atoms with E-state index in [1.54, 1.807) is 13.1 Å². The van der Waals surface area contributed by atoms with Crippen molar-refractivity contribution in [2.45, 2.75) is 6.92 Å². The molecule has 7 heteroatoms. The molecule has 0 unspecified atom stereocenters. The lowest BCUT2D eigenvalue weighted by Gasteiger charge is -1.77. The lowest BCUT2D eigenvalue weighted by Crippen LogP contribution is -2.36. The number of hydrogen-bond donors (Lipinski definition) is 1. The van der Waals surface area contributed by atoms with Crippen molar-refractivity contribution in [3.63, 3.8) is 0 Å². The minimum absolute atomic E-state index is 0.663. The molecular formula is C4H5N6S+. The van der Waals surface area contributed by atoms with E-state index in [1.807, 2.05) is 0 Å². The summed E-state index contributed by atoms with van der Waals surface area (Å²) in [5, 5.41) is 10.5. The Bertz CT molecular complexity index is 337. The van der Waals surface area contributed by atoms with Gasteiger partial charge in [0, 0.05) is 6.92 Å². The van der Waals surface area contributed by atoms with Gasteiger partial charge >= 0.3 is 5.82 Å². The average Bonchev–Trinajstić information content (AvgIpc) is 2.55. The molecule has 0 aliphatic carbocycles. The number of aryl methyl sites for hydroxylation is 1. The van der Waals surface area contributed by atoms with Crippen LogP contribution in [0.2, 0.25) is 0 Å². The molecule has 11 heavy (non-hydrogen) atoms. The second-order valence-corrected chi connectivity index (χ2v) is 2.49. The molecule has 0 amide bonds. The van der Waals surface area contributed by atoms with Crippen LogP contribution in [0.4, 0.5) is 0 Å². The van der Waals surface area contributed by atoms with Gasteiger partial charge in [-0.2, -0.15) is 4.37 Å². The van der Waals surface area contributed by atoms with Crippen LogP contribution in [0.15, 0.2) is 6.20 Å². The van der Waals surface area contributed by atoms with Gasteiger partial charge in [0.05, 0.1) is 0 Å². The maximum Gasteiger partial charge on any atom is 0.339 e. The quantitative estimate of drug-likeness (QED) is 0.570. The van der Waals surface area contributed by atoms with Crippen molar-refractivity contribution < 1.29 is 4.80 Å². The Labute approximate surface area is 66.2 Å². The number of aromatic nitrogens is 6. The maximum absolute atomic E-state index is 4.01. The van der Waals surface area contributed by atoms with E-state index < -0.39 is 0 Å². The third-order valence-corrected chi connectivity index (χ3v) is 1.59. The Morgan fingerprint density at radius 1 is 1.64 bits per heavy atom. The predicted octanol–water partition coefficient (Wildman–Crippen LogP) is -0.759. The van der Waals surface area contributed by atoms with Crippen molar-refractivity contribution >= 4 is 11.7 Å². The monoisotopic (exact) mass is 169 g/mol. The van der Waals surface area contributed by atoms with Gasteiger partial charge in [-0.3, -0.25) is 0 Å². The highest BCUT2D eigenvalue weighted by atomic mass is 32.1. The Balaban J connectivity index is 2.45. The van der Waals surface area contributed by atoms with Gasteiger partial charge in [0.25, 0.3) is 5.82 Å². The minimum Gasteiger partial charge on any atom is -0.161 e. The molecule has 0 saturated heterocycles. The molecule has 0 saturated carbocycles. The first-order valence-electron chi connectivity index (χ1n) is 2.95. The molecule has 2 heterocycles. The highest BCUT2D eigenvalue weighted by Gasteiger charge is 2.10. The molecule has 56 valence electrons. The standard InChI is InChI=1S/C4H4N6S/c1-3-6-9-10(7-3)4-2-5-11-8-4/h2H,1H3/p+1. The zero-order valence-electron chi connectivity index (χ0n) is 5.72. The van der Waals surface area contributed by atoms with Crippen molar-refractivity contribution in [2.75, 3.05) is 0 Å². The molecule has 0 radical (unpaired) electrons. The second kappa shape index (κ2) is 2.35. The molecule has 2 aromatic heterocycles. The van der Waals surface area contributed by atoms with E-state index in [0.29, 0.717) is 11.6 Å². The van der Waals surface area contributed by atoms with Crippen molar-refractivity contribution in [3.05, 3.63) is 12.0 Å². The van der Waals surface area contributed by atoms with E-state index in [9.17, 15) is 0 Å². The van der Waals surface area contributed by atoms with E-state index >= 15 is 0 Å². The van der Waals surface area contributed by atoms with Gasteiger partial charge in [-0.1, -0.05) is 5.21 Å². The second-order valence-electron chi connectivity index (χ2n) is 1.94. The highest BCUT2D eigenvalue weighted by molar-refractivity contribution is 6.99. The smallest absolute Gasteiger partial charge is 0.161 e. The van der Waals surface area contributed by atoms with Crippen molar-refractivity contribution in [1.82, 2.24) is 24.2 Å².